The molecule has 0 aromatic heterocycles. The monoisotopic (exact) mass is 324 g/mol. The van der Waals surface area contributed by atoms with Crippen LogP contribution in [0.1, 0.15) is 17.5 Å². The Kier molecular flexibility index (Phi) is 3.79. The van der Waals surface area contributed by atoms with Crippen LogP contribution in [0.25, 0.3) is 5.57 Å². The Labute approximate surface area is 130 Å². The molecule has 0 saturated carbocycles. The molecule has 0 bridgehead atoms. The number of benzene rings is 1. The molecule has 2 heterocycles. The second kappa shape index (κ2) is 5.64. The van der Waals surface area contributed by atoms with Crippen LogP contribution in [0.4, 0.5) is 13.2 Å². The van der Waals surface area contributed by atoms with Crippen LogP contribution in [0, 0.1) is 5.92 Å². The first-order chi connectivity index (χ1) is 10.9. The lowest BCUT2D eigenvalue weighted by Crippen LogP contribution is -2.36. The quantitative estimate of drug-likeness (QED) is 0.877. The van der Waals surface area contributed by atoms with Gasteiger partial charge in [-0.05, 0) is 30.3 Å². The van der Waals surface area contributed by atoms with E-state index in [-0.39, 0.29) is 28.7 Å². The number of carbonyl (C=O) groups excluding carboxylic acids is 1. The van der Waals surface area contributed by atoms with E-state index in [9.17, 15) is 18.0 Å². The summed E-state index contributed by atoms with van der Waals surface area (Å²) in [7, 11) is 0. The third-order valence-electron chi connectivity index (χ3n) is 3.97. The van der Waals surface area contributed by atoms with Crippen molar-refractivity contribution in [3.05, 3.63) is 53.6 Å². The molecule has 122 valence electrons. The van der Waals surface area contributed by atoms with Gasteiger partial charge in [-0.1, -0.05) is 18.2 Å². The molecule has 0 spiro atoms. The minimum absolute atomic E-state index is 0.0238. The third-order valence-corrected chi connectivity index (χ3v) is 3.97. The van der Waals surface area contributed by atoms with Gasteiger partial charge < -0.3 is 15.8 Å². The Morgan fingerprint density at radius 3 is 2.74 bits per heavy atom. The van der Waals surface area contributed by atoms with Crippen molar-refractivity contribution in [3.8, 4) is 0 Å². The molecule has 2 aliphatic rings. The van der Waals surface area contributed by atoms with Gasteiger partial charge in [-0.2, -0.15) is 13.2 Å². The van der Waals surface area contributed by atoms with Gasteiger partial charge in [0.1, 0.15) is 0 Å². The van der Waals surface area contributed by atoms with E-state index in [0.717, 1.165) is 12.1 Å². The summed E-state index contributed by atoms with van der Waals surface area (Å²) in [6.45, 7) is 0.552. The van der Waals surface area contributed by atoms with E-state index >= 15 is 0 Å². The molecule has 23 heavy (non-hydrogen) atoms. The standard InChI is InChI=1S/C16H15F3N2O2/c17-16(18,19)11-5-1-3-9(7-11)12-13(22)14(23-15(12)20)10-4-2-6-21-8-10/h1-3,5-7,10,14,21H,4,8,20H2. The van der Waals surface area contributed by atoms with Gasteiger partial charge in [0.25, 0.3) is 0 Å². The van der Waals surface area contributed by atoms with Crippen LogP contribution < -0.4 is 11.1 Å². The first kappa shape index (κ1) is 15.5. The van der Waals surface area contributed by atoms with Crippen LogP contribution in [0.15, 0.2) is 42.4 Å². The molecule has 0 saturated heterocycles. The zero-order chi connectivity index (χ0) is 16.6. The van der Waals surface area contributed by atoms with E-state index in [0.29, 0.717) is 13.0 Å². The summed E-state index contributed by atoms with van der Waals surface area (Å²) in [4.78, 5) is 12.6. The predicted octanol–water partition coefficient (Wildman–Crippen LogP) is 2.42. The first-order valence-corrected chi connectivity index (χ1v) is 7.14. The maximum Gasteiger partial charge on any atom is 0.416 e. The Morgan fingerprint density at radius 2 is 2.09 bits per heavy atom. The number of ketones is 1. The average molecular weight is 324 g/mol. The van der Waals surface area contributed by atoms with Crippen molar-refractivity contribution in [1.29, 1.82) is 0 Å². The molecule has 0 aliphatic carbocycles. The van der Waals surface area contributed by atoms with Gasteiger partial charge in [0.15, 0.2) is 12.0 Å². The summed E-state index contributed by atoms with van der Waals surface area (Å²) in [5.74, 6) is -0.591. The van der Waals surface area contributed by atoms with Crippen LogP contribution >= 0.6 is 0 Å². The number of carbonyl (C=O) groups is 1. The fourth-order valence-corrected chi connectivity index (χ4v) is 2.82. The topological polar surface area (TPSA) is 64.4 Å². The second-order valence-corrected chi connectivity index (χ2v) is 5.53. The molecule has 0 fully saturated rings. The van der Waals surface area contributed by atoms with E-state index in [2.05, 4.69) is 5.32 Å². The van der Waals surface area contributed by atoms with E-state index in [4.69, 9.17) is 10.5 Å². The summed E-state index contributed by atoms with van der Waals surface area (Å²) < 4.78 is 44.0. The number of ether oxygens (including phenoxy) is 1. The molecule has 0 radical (unpaired) electrons. The van der Waals surface area contributed by atoms with Gasteiger partial charge in [-0.25, -0.2) is 0 Å². The van der Waals surface area contributed by atoms with Gasteiger partial charge in [-0.3, -0.25) is 4.79 Å². The number of rotatable bonds is 2. The van der Waals surface area contributed by atoms with Crippen molar-refractivity contribution in [2.24, 2.45) is 11.7 Å². The summed E-state index contributed by atoms with van der Waals surface area (Å²) in [5, 5.41) is 3.01. The number of Topliss-reactive ketones (excluding diaryl/α,β-unsaturated/α-hetero) is 1. The lowest BCUT2D eigenvalue weighted by atomic mass is 9.90. The van der Waals surface area contributed by atoms with E-state index in [1.807, 2.05) is 6.08 Å². The largest absolute Gasteiger partial charge is 0.467 e. The number of halogens is 3. The van der Waals surface area contributed by atoms with Crippen molar-refractivity contribution in [2.75, 3.05) is 6.54 Å². The molecule has 2 aliphatic heterocycles. The fourth-order valence-electron chi connectivity index (χ4n) is 2.82. The van der Waals surface area contributed by atoms with Crippen LogP contribution in [0.2, 0.25) is 0 Å². The highest BCUT2D eigenvalue weighted by Crippen LogP contribution is 2.35. The normalized spacial score (nSPS) is 24.6. The average Bonchev–Trinajstić information content (AvgIpc) is 2.82. The van der Waals surface area contributed by atoms with Crippen molar-refractivity contribution in [3.63, 3.8) is 0 Å². The first-order valence-electron chi connectivity index (χ1n) is 7.14. The van der Waals surface area contributed by atoms with Gasteiger partial charge in [0.05, 0.1) is 11.1 Å². The van der Waals surface area contributed by atoms with E-state index in [1.54, 1.807) is 6.20 Å². The number of nitrogens with two attached hydrogens (primary N) is 1. The molecular weight excluding hydrogens is 309 g/mol. The van der Waals surface area contributed by atoms with Crippen molar-refractivity contribution >= 4 is 11.4 Å². The van der Waals surface area contributed by atoms with Crippen LogP contribution in [-0.4, -0.2) is 18.4 Å². The Balaban J connectivity index is 1.89. The van der Waals surface area contributed by atoms with Crippen molar-refractivity contribution in [1.82, 2.24) is 5.32 Å². The van der Waals surface area contributed by atoms with E-state index < -0.39 is 17.8 Å². The lowest BCUT2D eigenvalue weighted by Gasteiger charge is -2.24. The number of allylic oxidation sites excluding steroid dienone is 1. The zero-order valence-electron chi connectivity index (χ0n) is 12.1. The fraction of sp³-hybridized carbons (Fsp3) is 0.312. The number of alkyl halides is 3. The molecule has 4 nitrogen and oxygen atoms in total. The van der Waals surface area contributed by atoms with Crippen LogP contribution in [0.3, 0.4) is 0 Å². The third kappa shape index (κ3) is 2.91. The van der Waals surface area contributed by atoms with Crippen molar-refractivity contribution in [2.45, 2.75) is 18.7 Å². The van der Waals surface area contributed by atoms with Gasteiger partial charge >= 0.3 is 6.18 Å². The van der Waals surface area contributed by atoms with Crippen molar-refractivity contribution < 1.29 is 22.7 Å². The summed E-state index contributed by atoms with van der Waals surface area (Å²) in [6, 6.07) is 4.56. The Hall–Kier alpha value is -2.44. The molecule has 1 aromatic rings. The maximum absolute atomic E-state index is 12.8. The number of hydrogen-bond donors (Lipinski definition) is 2. The van der Waals surface area contributed by atoms with Crippen LogP contribution in [0.5, 0.6) is 0 Å². The van der Waals surface area contributed by atoms with Crippen LogP contribution in [-0.2, 0) is 15.7 Å². The highest BCUT2D eigenvalue weighted by Gasteiger charge is 2.40. The predicted molar refractivity (Wildman–Crippen MR) is 77.7 cm³/mol. The van der Waals surface area contributed by atoms with Gasteiger partial charge in [0.2, 0.25) is 5.78 Å². The molecular formula is C16H15F3N2O2. The molecule has 0 amide bonds. The molecule has 3 rings (SSSR count). The minimum Gasteiger partial charge on any atom is -0.467 e. The molecule has 3 N–H and O–H groups in total. The molecule has 7 heteroatoms. The summed E-state index contributed by atoms with van der Waals surface area (Å²) in [6.07, 6.45) is -0.932. The highest BCUT2D eigenvalue weighted by atomic mass is 19.4. The number of nitrogens with one attached hydrogen (secondary N) is 1. The SMILES string of the molecule is NC1=C(c2cccc(C(F)(F)F)c2)C(=O)C(C2CC=CNC2)O1. The minimum atomic E-state index is -4.48. The second-order valence-electron chi connectivity index (χ2n) is 5.53. The summed E-state index contributed by atoms with van der Waals surface area (Å²) >= 11 is 0. The highest BCUT2D eigenvalue weighted by molar-refractivity contribution is 6.25. The molecule has 1 aromatic carbocycles. The molecule has 2 unspecified atom stereocenters. The Morgan fingerprint density at radius 1 is 1.30 bits per heavy atom. The van der Waals surface area contributed by atoms with E-state index in [1.165, 1.54) is 12.1 Å². The maximum atomic E-state index is 12.8. The molecule has 2 atom stereocenters. The van der Waals surface area contributed by atoms with Gasteiger partial charge in [-0.15, -0.1) is 0 Å². The number of hydrogen-bond acceptors (Lipinski definition) is 4. The Bertz CT molecular complexity index is 695. The summed E-state index contributed by atoms with van der Waals surface area (Å²) in [5.41, 5.74) is 5.10. The zero-order valence-corrected chi connectivity index (χ0v) is 12.1. The smallest absolute Gasteiger partial charge is 0.416 e. The van der Waals surface area contributed by atoms with Gasteiger partial charge in [0, 0.05) is 12.5 Å². The lowest BCUT2D eigenvalue weighted by molar-refractivity contribution is -0.137.